The minimum Gasteiger partial charge on any atom is -0.710 e. The van der Waals surface area contributed by atoms with E-state index in [0.29, 0.717) is 34.6 Å². The van der Waals surface area contributed by atoms with Crippen LogP contribution in [0.4, 0.5) is 0 Å². The van der Waals surface area contributed by atoms with E-state index in [0.717, 1.165) is 17.6 Å². The zero-order valence-electron chi connectivity index (χ0n) is 18.7. The number of fused-ring (bicyclic) bond motifs is 1. The maximum Gasteiger partial charge on any atom is 0.312 e. The van der Waals surface area contributed by atoms with Crippen molar-refractivity contribution >= 4 is 17.0 Å². The maximum absolute atomic E-state index is 12.7. The van der Waals surface area contributed by atoms with E-state index < -0.39 is 5.41 Å². The fourth-order valence-electron chi connectivity index (χ4n) is 4.36. The van der Waals surface area contributed by atoms with Gasteiger partial charge in [0, 0.05) is 12.4 Å². The number of ether oxygens (including phenoxy) is 1. The molecule has 1 aliphatic rings. The van der Waals surface area contributed by atoms with Gasteiger partial charge >= 0.3 is 5.97 Å². The van der Waals surface area contributed by atoms with E-state index >= 15 is 0 Å². The lowest BCUT2D eigenvalue weighted by Crippen LogP contribution is -2.29. The predicted molar refractivity (Wildman–Crippen MR) is 117 cm³/mol. The first-order valence-electron chi connectivity index (χ1n) is 11.0. The lowest BCUT2D eigenvalue weighted by atomic mass is 9.96. The molecule has 4 rings (SSSR count). The average Bonchev–Trinajstić information content (AvgIpc) is 3.50. The van der Waals surface area contributed by atoms with E-state index in [9.17, 15) is 15.3 Å². The molecule has 0 radical (unpaired) electrons. The Kier molecular flexibility index (Phi) is 5.87. The molecule has 0 saturated heterocycles. The highest BCUT2D eigenvalue weighted by molar-refractivity contribution is 5.89. The molecule has 0 amide bonds. The molecule has 0 N–H and O–H groups in total. The van der Waals surface area contributed by atoms with Crippen LogP contribution < -0.4 is 4.73 Å². The van der Waals surface area contributed by atoms with Crippen LogP contribution in [0.5, 0.6) is 0 Å². The number of nitrogens with zero attached hydrogens (tertiary/aromatic N) is 6. The van der Waals surface area contributed by atoms with Crippen molar-refractivity contribution in [1.29, 1.82) is 5.26 Å². The van der Waals surface area contributed by atoms with Crippen molar-refractivity contribution in [2.45, 2.75) is 65.6 Å². The van der Waals surface area contributed by atoms with Crippen molar-refractivity contribution in [2.24, 2.45) is 11.3 Å². The van der Waals surface area contributed by atoms with Gasteiger partial charge in [-0.25, -0.2) is 4.73 Å². The van der Waals surface area contributed by atoms with Gasteiger partial charge in [0.1, 0.15) is 0 Å². The second-order valence-electron chi connectivity index (χ2n) is 9.44. The molecule has 168 valence electrons. The lowest BCUT2D eigenvalue weighted by molar-refractivity contribution is -0.595. The molecule has 3 heterocycles. The standard InChI is InChI=1S/C23H28N6O3/c1-23(2,3)22(30)32-15-27-11-9-18-20(29(31)14-25-21(18)27)17-12-26-28(13-17)19(8-10-24)16-6-4-5-7-16/h9,11-14,16,19H,4-8,15H2,1-3H3. The minimum absolute atomic E-state index is 0.00934. The number of carbonyl (C=O) groups is 1. The van der Waals surface area contributed by atoms with Crippen LogP contribution in [0.3, 0.4) is 0 Å². The molecule has 9 heteroatoms. The quantitative estimate of drug-likeness (QED) is 0.331. The van der Waals surface area contributed by atoms with Crippen LogP contribution in [-0.4, -0.2) is 25.3 Å². The van der Waals surface area contributed by atoms with E-state index in [1.54, 1.807) is 43.8 Å². The van der Waals surface area contributed by atoms with E-state index in [4.69, 9.17) is 4.74 Å². The zero-order valence-corrected chi connectivity index (χ0v) is 18.7. The molecular formula is C23H28N6O3. The highest BCUT2D eigenvalue weighted by Gasteiger charge is 2.28. The Bertz CT molecular complexity index is 1160. The van der Waals surface area contributed by atoms with Gasteiger partial charge in [-0.1, -0.05) is 12.8 Å². The van der Waals surface area contributed by atoms with Gasteiger partial charge in [0.25, 0.3) is 12.0 Å². The summed E-state index contributed by atoms with van der Waals surface area (Å²) < 4.78 is 9.67. The van der Waals surface area contributed by atoms with Gasteiger partial charge in [-0.15, -0.1) is 0 Å². The lowest BCUT2D eigenvalue weighted by Gasteiger charge is -2.21. The Morgan fingerprint density at radius 3 is 2.84 bits per heavy atom. The third kappa shape index (κ3) is 4.17. The van der Waals surface area contributed by atoms with Crippen molar-refractivity contribution < 1.29 is 14.3 Å². The number of hydrogen-bond acceptors (Lipinski definition) is 6. The summed E-state index contributed by atoms with van der Waals surface area (Å²) >= 11 is 0. The van der Waals surface area contributed by atoms with E-state index in [2.05, 4.69) is 16.2 Å². The molecule has 0 aliphatic heterocycles. The summed E-state index contributed by atoms with van der Waals surface area (Å²) in [6, 6.07) is 4.09. The SMILES string of the molecule is CC(C)(C)C(=O)OCn1ccc2c(-c3cnn(C(CC#N)C4CCCC4)c3)[n+]([O-])cnc21. The molecule has 1 aliphatic carbocycles. The second kappa shape index (κ2) is 8.61. The molecule has 1 fully saturated rings. The second-order valence-corrected chi connectivity index (χ2v) is 9.44. The zero-order chi connectivity index (χ0) is 22.9. The Morgan fingerprint density at radius 2 is 2.16 bits per heavy atom. The highest BCUT2D eigenvalue weighted by Crippen LogP contribution is 2.36. The highest BCUT2D eigenvalue weighted by atomic mass is 16.5. The molecule has 9 nitrogen and oxygen atoms in total. The number of rotatable bonds is 6. The summed E-state index contributed by atoms with van der Waals surface area (Å²) in [6.45, 7) is 5.40. The van der Waals surface area contributed by atoms with E-state index in [-0.39, 0.29) is 18.7 Å². The summed E-state index contributed by atoms with van der Waals surface area (Å²) in [5, 5.41) is 27.1. The number of aromatic nitrogens is 5. The summed E-state index contributed by atoms with van der Waals surface area (Å²) in [5.74, 6) is 0.115. The van der Waals surface area contributed by atoms with Crippen LogP contribution >= 0.6 is 0 Å². The first-order chi connectivity index (χ1) is 15.3. The van der Waals surface area contributed by atoms with Crippen LogP contribution in [0.15, 0.2) is 31.0 Å². The average molecular weight is 437 g/mol. The van der Waals surface area contributed by atoms with Crippen LogP contribution in [0.25, 0.3) is 22.3 Å². The van der Waals surface area contributed by atoms with Crippen molar-refractivity contribution in [2.75, 3.05) is 0 Å². The number of carbonyl (C=O) groups excluding carboxylic acids is 1. The molecule has 1 saturated carbocycles. The van der Waals surface area contributed by atoms with Gasteiger partial charge in [-0.3, -0.25) is 14.0 Å². The van der Waals surface area contributed by atoms with Crippen molar-refractivity contribution in [3.63, 3.8) is 0 Å². The molecule has 0 spiro atoms. The van der Waals surface area contributed by atoms with E-state index in [1.807, 2.05) is 10.9 Å². The van der Waals surface area contributed by atoms with Gasteiger partial charge in [-0.2, -0.15) is 10.4 Å². The van der Waals surface area contributed by atoms with Gasteiger partial charge in [0.05, 0.1) is 41.1 Å². The fourth-order valence-corrected chi connectivity index (χ4v) is 4.36. The largest absolute Gasteiger partial charge is 0.710 e. The molecule has 3 aromatic rings. The third-order valence-electron chi connectivity index (χ3n) is 6.10. The third-order valence-corrected chi connectivity index (χ3v) is 6.10. The Morgan fingerprint density at radius 1 is 1.41 bits per heavy atom. The van der Waals surface area contributed by atoms with Gasteiger partial charge in [-0.05, 0) is 50.6 Å². The molecule has 0 bridgehead atoms. The number of nitriles is 1. The molecule has 32 heavy (non-hydrogen) atoms. The summed E-state index contributed by atoms with van der Waals surface area (Å²) in [7, 11) is 0. The van der Waals surface area contributed by atoms with Crippen LogP contribution in [-0.2, 0) is 16.3 Å². The van der Waals surface area contributed by atoms with Crippen molar-refractivity contribution in [3.05, 3.63) is 36.2 Å². The van der Waals surface area contributed by atoms with E-state index in [1.165, 1.54) is 19.2 Å². The molecular weight excluding hydrogens is 408 g/mol. The molecule has 1 unspecified atom stereocenters. The van der Waals surface area contributed by atoms with Crippen molar-refractivity contribution in [1.82, 2.24) is 19.3 Å². The van der Waals surface area contributed by atoms with Crippen LogP contribution in [0.2, 0.25) is 0 Å². The van der Waals surface area contributed by atoms with Gasteiger partial charge in [0.2, 0.25) is 0 Å². The Labute approximate surface area is 186 Å². The van der Waals surface area contributed by atoms with Gasteiger partial charge in [0.15, 0.2) is 12.4 Å². The van der Waals surface area contributed by atoms with Crippen LogP contribution in [0.1, 0.15) is 58.9 Å². The predicted octanol–water partition coefficient (Wildman–Crippen LogP) is 3.72. The fraction of sp³-hybridized carbons (Fsp3) is 0.522. The Hall–Kier alpha value is -3.41. The Balaban J connectivity index is 1.65. The topological polar surface area (TPSA) is 113 Å². The van der Waals surface area contributed by atoms with Crippen LogP contribution in [0, 0.1) is 27.9 Å². The van der Waals surface area contributed by atoms with Crippen molar-refractivity contribution in [3.8, 4) is 17.3 Å². The van der Waals surface area contributed by atoms with Gasteiger partial charge < -0.3 is 9.94 Å². The summed E-state index contributed by atoms with van der Waals surface area (Å²) in [6.07, 6.45) is 11.4. The number of hydrogen-bond donors (Lipinski definition) is 0. The number of esters is 1. The summed E-state index contributed by atoms with van der Waals surface area (Å²) in [5.41, 5.74) is 1.04. The molecule has 0 aromatic carbocycles. The monoisotopic (exact) mass is 436 g/mol. The minimum atomic E-state index is -0.604. The maximum atomic E-state index is 12.7. The first-order valence-corrected chi connectivity index (χ1v) is 11.0. The molecule has 3 aromatic heterocycles. The normalized spacial score (nSPS) is 15.7. The smallest absolute Gasteiger partial charge is 0.312 e. The summed E-state index contributed by atoms with van der Waals surface area (Å²) in [4.78, 5) is 16.4. The molecule has 1 atom stereocenters. The first kappa shape index (κ1) is 21.8.